The molecule has 1 N–H and O–H groups in total. The van der Waals surface area contributed by atoms with Crippen LogP contribution in [-0.4, -0.2) is 20.6 Å². The Labute approximate surface area is 172 Å². The number of nitrogens with zero attached hydrogens (tertiary/aromatic N) is 3. The summed E-state index contributed by atoms with van der Waals surface area (Å²) in [6.07, 6.45) is 5.14. The van der Waals surface area contributed by atoms with E-state index in [0.717, 1.165) is 18.5 Å². The summed E-state index contributed by atoms with van der Waals surface area (Å²) in [7, 11) is 0. The van der Waals surface area contributed by atoms with Crippen molar-refractivity contribution in [3.05, 3.63) is 77.7 Å². The number of benzene rings is 2. The molecule has 0 aliphatic heterocycles. The number of aromatic nitrogens is 3. The van der Waals surface area contributed by atoms with Gasteiger partial charge in [0.25, 0.3) is 5.89 Å². The lowest BCUT2D eigenvalue weighted by molar-refractivity contribution is -0.116. The first-order valence-electron chi connectivity index (χ1n) is 9.82. The predicted molar refractivity (Wildman–Crippen MR) is 110 cm³/mol. The smallest absolute Gasteiger partial charge is 0.274 e. The third-order valence-corrected chi connectivity index (χ3v) is 5.27. The van der Waals surface area contributed by atoms with Crippen molar-refractivity contribution in [3.8, 4) is 23.0 Å². The third-order valence-electron chi connectivity index (χ3n) is 5.27. The SMILES string of the molecule is O=C(Cn1cccc1-c1nc(-c2ccc(F)cc2)no1)Nc1ccc2c(c1)CCC2. The maximum absolute atomic E-state index is 13.1. The number of halogens is 1. The molecule has 6 nitrogen and oxygen atoms in total. The molecule has 0 bridgehead atoms. The van der Waals surface area contributed by atoms with Crippen LogP contribution in [-0.2, 0) is 24.2 Å². The van der Waals surface area contributed by atoms with Crippen molar-refractivity contribution in [1.82, 2.24) is 14.7 Å². The summed E-state index contributed by atoms with van der Waals surface area (Å²) in [5, 5.41) is 6.93. The molecule has 2 aromatic heterocycles. The second-order valence-electron chi connectivity index (χ2n) is 7.34. The van der Waals surface area contributed by atoms with Crippen molar-refractivity contribution < 1.29 is 13.7 Å². The van der Waals surface area contributed by atoms with Gasteiger partial charge in [-0.25, -0.2) is 4.39 Å². The molecule has 0 spiro atoms. The summed E-state index contributed by atoms with van der Waals surface area (Å²) < 4.78 is 20.3. The van der Waals surface area contributed by atoms with Crippen LogP contribution >= 0.6 is 0 Å². The number of carbonyl (C=O) groups excluding carboxylic acids is 1. The van der Waals surface area contributed by atoms with Crippen LogP contribution in [0.3, 0.4) is 0 Å². The zero-order valence-electron chi connectivity index (χ0n) is 16.1. The minimum absolute atomic E-state index is 0.119. The number of fused-ring (bicyclic) bond motifs is 1. The van der Waals surface area contributed by atoms with E-state index < -0.39 is 0 Å². The number of hydrogen-bond donors (Lipinski definition) is 1. The number of aryl methyl sites for hydroxylation is 2. The van der Waals surface area contributed by atoms with Crippen molar-refractivity contribution >= 4 is 11.6 Å². The molecule has 7 heteroatoms. The van der Waals surface area contributed by atoms with Crippen LogP contribution in [0.25, 0.3) is 23.0 Å². The minimum atomic E-state index is -0.328. The highest BCUT2D eigenvalue weighted by atomic mass is 19.1. The molecule has 0 fully saturated rings. The highest BCUT2D eigenvalue weighted by Gasteiger charge is 2.16. The van der Waals surface area contributed by atoms with E-state index in [1.54, 1.807) is 22.9 Å². The summed E-state index contributed by atoms with van der Waals surface area (Å²) in [4.78, 5) is 17.0. The predicted octanol–water partition coefficient (Wildman–Crippen LogP) is 4.47. The second kappa shape index (κ2) is 7.59. The topological polar surface area (TPSA) is 73.0 Å². The number of anilines is 1. The van der Waals surface area contributed by atoms with Crippen LogP contribution in [0.4, 0.5) is 10.1 Å². The zero-order chi connectivity index (χ0) is 20.5. The molecule has 0 unspecified atom stereocenters. The monoisotopic (exact) mass is 402 g/mol. The molecular weight excluding hydrogens is 383 g/mol. The molecule has 150 valence electrons. The van der Waals surface area contributed by atoms with Crippen molar-refractivity contribution in [2.75, 3.05) is 5.32 Å². The van der Waals surface area contributed by atoms with Crippen LogP contribution in [0.1, 0.15) is 17.5 Å². The largest absolute Gasteiger partial charge is 0.334 e. The fraction of sp³-hybridized carbons (Fsp3) is 0.174. The quantitative estimate of drug-likeness (QED) is 0.535. The average molecular weight is 402 g/mol. The maximum atomic E-state index is 13.1. The van der Waals surface area contributed by atoms with Gasteiger partial charge in [0.1, 0.15) is 18.1 Å². The summed E-state index contributed by atoms with van der Waals surface area (Å²) in [6.45, 7) is 0.119. The van der Waals surface area contributed by atoms with E-state index in [-0.39, 0.29) is 18.3 Å². The van der Waals surface area contributed by atoms with E-state index in [9.17, 15) is 9.18 Å². The molecule has 5 rings (SSSR count). The lowest BCUT2D eigenvalue weighted by atomic mass is 10.1. The Bertz CT molecular complexity index is 1210. The van der Waals surface area contributed by atoms with Gasteiger partial charge in [0, 0.05) is 17.4 Å². The molecular formula is C23H19FN4O2. The Kier molecular flexibility index (Phi) is 4.63. The normalized spacial score (nSPS) is 12.7. The zero-order valence-corrected chi connectivity index (χ0v) is 16.1. The Hall–Kier alpha value is -3.74. The van der Waals surface area contributed by atoms with E-state index in [0.29, 0.717) is 23.0 Å². The highest BCUT2D eigenvalue weighted by Crippen LogP contribution is 2.26. The first kappa shape index (κ1) is 18.3. The number of rotatable bonds is 5. The van der Waals surface area contributed by atoms with Crippen molar-refractivity contribution in [1.29, 1.82) is 0 Å². The van der Waals surface area contributed by atoms with Gasteiger partial charge in [0.05, 0.1) is 0 Å². The molecule has 4 aromatic rings. The van der Waals surface area contributed by atoms with Crippen molar-refractivity contribution in [2.24, 2.45) is 0 Å². The van der Waals surface area contributed by atoms with Crippen LogP contribution in [0.15, 0.2) is 65.3 Å². The van der Waals surface area contributed by atoms with E-state index in [2.05, 4.69) is 27.6 Å². The van der Waals surface area contributed by atoms with Gasteiger partial charge in [-0.15, -0.1) is 0 Å². The Morgan fingerprint density at radius 3 is 2.80 bits per heavy atom. The number of carbonyl (C=O) groups is 1. The molecule has 1 amide bonds. The van der Waals surface area contributed by atoms with Gasteiger partial charge in [-0.1, -0.05) is 11.2 Å². The van der Waals surface area contributed by atoms with Crippen molar-refractivity contribution in [3.63, 3.8) is 0 Å². The number of amides is 1. The Morgan fingerprint density at radius 1 is 1.10 bits per heavy atom. The van der Waals surface area contributed by atoms with E-state index in [1.807, 2.05) is 18.2 Å². The van der Waals surface area contributed by atoms with E-state index in [1.165, 1.54) is 29.7 Å². The van der Waals surface area contributed by atoms with E-state index >= 15 is 0 Å². The first-order valence-corrected chi connectivity index (χ1v) is 9.82. The minimum Gasteiger partial charge on any atom is -0.334 e. The fourth-order valence-electron chi connectivity index (χ4n) is 3.79. The maximum Gasteiger partial charge on any atom is 0.274 e. The Morgan fingerprint density at radius 2 is 1.93 bits per heavy atom. The van der Waals surface area contributed by atoms with Gasteiger partial charge in [-0.2, -0.15) is 4.98 Å². The summed E-state index contributed by atoms with van der Waals surface area (Å²) in [5.41, 5.74) is 4.78. The molecule has 1 aliphatic rings. The van der Waals surface area contributed by atoms with Gasteiger partial charge < -0.3 is 14.4 Å². The molecule has 30 heavy (non-hydrogen) atoms. The molecule has 0 saturated heterocycles. The summed E-state index contributed by atoms with van der Waals surface area (Å²) in [6, 6.07) is 15.6. The van der Waals surface area contributed by atoms with Gasteiger partial charge in [0.15, 0.2) is 0 Å². The molecule has 0 atom stereocenters. The lowest BCUT2D eigenvalue weighted by Gasteiger charge is -2.09. The summed E-state index contributed by atoms with van der Waals surface area (Å²) in [5.74, 6) is 0.194. The Balaban J connectivity index is 1.31. The number of hydrogen-bond acceptors (Lipinski definition) is 4. The van der Waals surface area contributed by atoms with Crippen LogP contribution in [0, 0.1) is 5.82 Å². The van der Waals surface area contributed by atoms with Crippen LogP contribution in [0.2, 0.25) is 0 Å². The first-order chi connectivity index (χ1) is 14.7. The highest BCUT2D eigenvalue weighted by molar-refractivity contribution is 5.91. The summed E-state index contributed by atoms with van der Waals surface area (Å²) >= 11 is 0. The molecule has 2 heterocycles. The molecule has 2 aromatic carbocycles. The standard InChI is InChI=1S/C23H19FN4O2/c24-18-9-6-16(7-10-18)22-26-23(30-27-22)20-5-2-12-28(20)14-21(29)25-19-11-8-15-3-1-4-17(15)13-19/h2,5-13H,1,3-4,14H2,(H,25,29). The second-order valence-corrected chi connectivity index (χ2v) is 7.34. The van der Waals surface area contributed by atoms with Gasteiger partial charge in [0.2, 0.25) is 11.7 Å². The molecule has 0 saturated carbocycles. The van der Waals surface area contributed by atoms with Gasteiger partial charge in [-0.05, 0) is 78.9 Å². The number of nitrogens with one attached hydrogen (secondary N) is 1. The van der Waals surface area contributed by atoms with Gasteiger partial charge >= 0.3 is 0 Å². The van der Waals surface area contributed by atoms with Crippen LogP contribution < -0.4 is 5.32 Å². The van der Waals surface area contributed by atoms with E-state index in [4.69, 9.17) is 4.52 Å². The lowest BCUT2D eigenvalue weighted by Crippen LogP contribution is -2.19. The average Bonchev–Trinajstić information content (AvgIpc) is 3.48. The third kappa shape index (κ3) is 3.61. The van der Waals surface area contributed by atoms with Crippen molar-refractivity contribution in [2.45, 2.75) is 25.8 Å². The molecule has 1 aliphatic carbocycles. The van der Waals surface area contributed by atoms with Crippen LogP contribution in [0.5, 0.6) is 0 Å². The molecule has 0 radical (unpaired) electrons. The van der Waals surface area contributed by atoms with Gasteiger partial charge in [-0.3, -0.25) is 4.79 Å². The fourth-order valence-corrected chi connectivity index (χ4v) is 3.79.